The maximum Gasteiger partial charge on any atom is 0.165 e. The van der Waals surface area contributed by atoms with Crippen LogP contribution in [0.1, 0.15) is 16.1 Å². The third-order valence-corrected chi connectivity index (χ3v) is 1.94. The molecule has 2 aromatic rings. The Bertz CT molecular complexity index is 477. The van der Waals surface area contributed by atoms with Crippen molar-refractivity contribution in [2.75, 3.05) is 0 Å². The van der Waals surface area contributed by atoms with E-state index in [0.29, 0.717) is 16.9 Å². The molecule has 0 unspecified atom stereocenters. The number of fused-ring (bicyclic) bond motifs is 1. The van der Waals surface area contributed by atoms with Crippen LogP contribution in [0.4, 0.5) is 0 Å². The van der Waals surface area contributed by atoms with E-state index in [1.807, 2.05) is 14.0 Å². The third-order valence-electron chi connectivity index (χ3n) is 1.94. The van der Waals surface area contributed by atoms with Gasteiger partial charge >= 0.3 is 0 Å². The summed E-state index contributed by atoms with van der Waals surface area (Å²) in [4.78, 5) is 14.8. The molecule has 0 bridgehead atoms. The molecule has 0 aliphatic carbocycles. The summed E-state index contributed by atoms with van der Waals surface area (Å²) in [6.45, 7) is 1.80. The molecule has 0 aromatic carbocycles. The summed E-state index contributed by atoms with van der Waals surface area (Å²) < 4.78 is 1.63. The number of aldehydes is 1. The molecule has 0 radical (unpaired) electrons. The Kier molecular flexibility index (Phi) is 1.65. The van der Waals surface area contributed by atoms with E-state index in [4.69, 9.17) is 0 Å². The Balaban J connectivity index is 2.86. The summed E-state index contributed by atoms with van der Waals surface area (Å²) in [6.07, 6.45) is 4.37. The molecule has 0 saturated heterocycles. The smallest absolute Gasteiger partial charge is 0.165 e. The van der Waals surface area contributed by atoms with Crippen LogP contribution in [0.15, 0.2) is 12.4 Å². The van der Waals surface area contributed by atoms with Crippen LogP contribution >= 0.6 is 0 Å². The van der Waals surface area contributed by atoms with Gasteiger partial charge in [0.1, 0.15) is 7.85 Å². The van der Waals surface area contributed by atoms with E-state index in [9.17, 15) is 4.79 Å². The summed E-state index contributed by atoms with van der Waals surface area (Å²) in [5.74, 6) is 0. The molecule has 0 N–H and O–H groups in total. The van der Waals surface area contributed by atoms with Crippen molar-refractivity contribution in [3.63, 3.8) is 0 Å². The lowest BCUT2D eigenvalue weighted by molar-refractivity contribution is 0.112. The second-order valence-electron chi connectivity index (χ2n) is 3.02. The minimum atomic E-state index is 0.569. The molecule has 4 nitrogen and oxygen atoms in total. The van der Waals surface area contributed by atoms with Crippen molar-refractivity contribution in [2.45, 2.75) is 6.92 Å². The Morgan fingerprint density at radius 2 is 2.38 bits per heavy atom. The molecule has 13 heavy (non-hydrogen) atoms. The maximum absolute atomic E-state index is 10.7. The van der Waals surface area contributed by atoms with E-state index in [1.165, 1.54) is 0 Å². The number of rotatable bonds is 1. The van der Waals surface area contributed by atoms with Gasteiger partial charge in [0.2, 0.25) is 0 Å². The predicted molar refractivity (Wildman–Crippen MR) is 51.3 cm³/mol. The fourth-order valence-electron chi connectivity index (χ4n) is 1.29. The Labute approximate surface area is 76.0 Å². The largest absolute Gasteiger partial charge is 0.298 e. The van der Waals surface area contributed by atoms with Gasteiger partial charge in [-0.25, -0.2) is 9.50 Å². The molecule has 0 spiro atoms. The van der Waals surface area contributed by atoms with Crippen LogP contribution in [-0.4, -0.2) is 28.7 Å². The molecule has 2 aromatic heterocycles. The fourth-order valence-corrected chi connectivity index (χ4v) is 1.29. The van der Waals surface area contributed by atoms with Gasteiger partial charge in [0.25, 0.3) is 0 Å². The lowest BCUT2D eigenvalue weighted by atomic mass is 10.0. The fraction of sp³-hybridized carbons (Fsp3) is 0.125. The van der Waals surface area contributed by atoms with Gasteiger partial charge in [-0.15, -0.1) is 0 Å². The Morgan fingerprint density at radius 1 is 1.62 bits per heavy atom. The monoisotopic (exact) mass is 173 g/mol. The average molecular weight is 173 g/mol. The van der Waals surface area contributed by atoms with E-state index in [0.717, 1.165) is 11.7 Å². The van der Waals surface area contributed by atoms with Crippen molar-refractivity contribution in [1.82, 2.24) is 14.6 Å². The van der Waals surface area contributed by atoms with Crippen molar-refractivity contribution in [1.29, 1.82) is 0 Å². The first-order valence-electron chi connectivity index (χ1n) is 3.99. The molecule has 5 heteroatoms. The summed E-state index contributed by atoms with van der Waals surface area (Å²) in [6, 6.07) is 0. The van der Waals surface area contributed by atoms with Gasteiger partial charge in [0.05, 0.1) is 11.3 Å². The Morgan fingerprint density at radius 3 is 3.08 bits per heavy atom. The van der Waals surface area contributed by atoms with Crippen LogP contribution < -0.4 is 5.46 Å². The number of hydrogen-bond donors (Lipinski definition) is 0. The molecular formula is C8H8BN3O. The summed E-state index contributed by atoms with van der Waals surface area (Å²) in [7, 11) is 1.93. The summed E-state index contributed by atoms with van der Waals surface area (Å²) in [5, 5.41) is 4.17. The van der Waals surface area contributed by atoms with Crippen molar-refractivity contribution < 1.29 is 4.79 Å². The van der Waals surface area contributed by atoms with Crippen molar-refractivity contribution in [3.8, 4) is 0 Å². The minimum absolute atomic E-state index is 0.569. The van der Waals surface area contributed by atoms with Gasteiger partial charge < -0.3 is 0 Å². The number of carbonyl (C=O) groups excluding carboxylic acids is 1. The third kappa shape index (κ3) is 1.12. The predicted octanol–water partition coefficient (Wildman–Crippen LogP) is -0.891. The highest BCUT2D eigenvalue weighted by Gasteiger charge is 2.08. The van der Waals surface area contributed by atoms with Gasteiger partial charge in [-0.05, 0) is 6.92 Å². The maximum atomic E-state index is 10.7. The summed E-state index contributed by atoms with van der Waals surface area (Å²) >= 11 is 0. The van der Waals surface area contributed by atoms with E-state index < -0.39 is 0 Å². The molecule has 0 saturated carbocycles. The first-order chi connectivity index (χ1) is 6.22. The van der Waals surface area contributed by atoms with Crippen molar-refractivity contribution >= 4 is 25.2 Å². The molecule has 2 heterocycles. The molecular weight excluding hydrogens is 165 g/mol. The minimum Gasteiger partial charge on any atom is -0.298 e. The first kappa shape index (κ1) is 7.98. The quantitative estimate of drug-likeness (QED) is 0.415. The number of aryl methyl sites for hydroxylation is 1. The molecule has 0 amide bonds. The number of nitrogens with zero attached hydrogens (tertiary/aromatic N) is 3. The number of carbonyl (C=O) groups is 1. The lowest BCUT2D eigenvalue weighted by Crippen LogP contribution is -2.07. The number of aromatic nitrogens is 3. The average Bonchev–Trinajstić information content (AvgIpc) is 2.39. The summed E-state index contributed by atoms with van der Waals surface area (Å²) in [5.41, 5.74) is 2.93. The standard InChI is InChI=1S/C8H8BN3O/c1-5-7(4-13)8-10-2-6(9)3-12(8)11-5/h2-4H,9H2,1H3. The van der Waals surface area contributed by atoms with Gasteiger partial charge in [0, 0.05) is 12.4 Å². The Hall–Kier alpha value is -1.65. The molecule has 0 aliphatic rings. The van der Waals surface area contributed by atoms with Crippen molar-refractivity contribution in [2.24, 2.45) is 0 Å². The van der Waals surface area contributed by atoms with Crippen LogP contribution in [0.3, 0.4) is 0 Å². The van der Waals surface area contributed by atoms with Gasteiger partial charge in [0.15, 0.2) is 11.9 Å². The van der Waals surface area contributed by atoms with E-state index in [1.54, 1.807) is 17.6 Å². The number of hydrogen-bond acceptors (Lipinski definition) is 3. The van der Waals surface area contributed by atoms with E-state index >= 15 is 0 Å². The zero-order chi connectivity index (χ0) is 9.42. The van der Waals surface area contributed by atoms with E-state index in [-0.39, 0.29) is 0 Å². The normalized spacial score (nSPS) is 10.5. The van der Waals surface area contributed by atoms with Gasteiger partial charge in [-0.2, -0.15) is 5.10 Å². The van der Waals surface area contributed by atoms with Gasteiger partial charge in [-0.1, -0.05) is 5.46 Å². The van der Waals surface area contributed by atoms with Gasteiger partial charge in [-0.3, -0.25) is 4.79 Å². The SMILES string of the molecule is Bc1cnc2c(C=O)c(C)nn2c1. The van der Waals surface area contributed by atoms with Crippen LogP contribution in [-0.2, 0) is 0 Å². The topological polar surface area (TPSA) is 47.3 Å². The lowest BCUT2D eigenvalue weighted by Gasteiger charge is -1.93. The zero-order valence-corrected chi connectivity index (χ0v) is 7.48. The highest BCUT2D eigenvalue weighted by atomic mass is 16.1. The van der Waals surface area contributed by atoms with Crippen LogP contribution in [0.5, 0.6) is 0 Å². The molecule has 0 aliphatic heterocycles. The van der Waals surface area contributed by atoms with Crippen LogP contribution in [0.2, 0.25) is 0 Å². The molecule has 64 valence electrons. The highest BCUT2D eigenvalue weighted by Crippen LogP contribution is 2.08. The van der Waals surface area contributed by atoms with E-state index in [2.05, 4.69) is 10.1 Å². The highest BCUT2D eigenvalue weighted by molar-refractivity contribution is 6.31. The van der Waals surface area contributed by atoms with Crippen molar-refractivity contribution in [3.05, 3.63) is 23.7 Å². The molecule has 0 fully saturated rings. The molecule has 0 atom stereocenters. The second kappa shape index (κ2) is 2.69. The second-order valence-corrected chi connectivity index (χ2v) is 3.02. The first-order valence-corrected chi connectivity index (χ1v) is 3.99. The molecule has 2 rings (SSSR count). The van der Waals surface area contributed by atoms with Crippen LogP contribution in [0, 0.1) is 6.92 Å². The van der Waals surface area contributed by atoms with Crippen LogP contribution in [0.25, 0.3) is 5.65 Å². The zero-order valence-electron chi connectivity index (χ0n) is 7.48.